The molecule has 10 heavy (non-hydrogen) atoms. The van der Waals surface area contributed by atoms with Crippen LogP contribution in [-0.2, 0) is 11.8 Å². The van der Waals surface area contributed by atoms with Crippen LogP contribution >= 0.6 is 15.8 Å². The van der Waals surface area contributed by atoms with E-state index in [0.29, 0.717) is 13.5 Å². The van der Waals surface area contributed by atoms with Crippen molar-refractivity contribution in [3.05, 3.63) is 0 Å². The van der Waals surface area contributed by atoms with Gasteiger partial charge in [0.05, 0.1) is 0 Å². The summed E-state index contributed by atoms with van der Waals surface area (Å²) in [7, 11) is 4.43. The van der Waals surface area contributed by atoms with Gasteiger partial charge in [0.25, 0.3) is 0 Å². The molecule has 0 rings (SSSR count). The van der Waals surface area contributed by atoms with Crippen LogP contribution in [0.3, 0.4) is 0 Å². The van der Waals surface area contributed by atoms with Crippen molar-refractivity contribution in [2.75, 3.05) is 6.16 Å². The molecule has 4 radical (unpaired) electrons. The first-order valence-electron chi connectivity index (χ1n) is 2.74. The quantitative estimate of drug-likeness (QED) is 0.354. The van der Waals surface area contributed by atoms with Crippen LogP contribution in [-0.4, -0.2) is 29.5 Å². The maximum atomic E-state index is 11.4. The van der Waals surface area contributed by atoms with Crippen LogP contribution < -0.4 is 24.0 Å². The van der Waals surface area contributed by atoms with Gasteiger partial charge in [-0.3, -0.25) is 0 Å². The van der Waals surface area contributed by atoms with E-state index in [9.17, 15) is 5.11 Å². The van der Waals surface area contributed by atoms with Crippen molar-refractivity contribution in [2.45, 2.75) is 11.5 Å². The molecule has 0 saturated carbocycles. The Bertz CT molecular complexity index is 134. The molecule has 0 aromatic rings. The molecule has 2 unspecified atom stereocenters. The van der Waals surface area contributed by atoms with E-state index in [0.717, 1.165) is 0 Å². The van der Waals surface area contributed by atoms with Gasteiger partial charge >= 0.3 is 18.9 Å². The van der Waals surface area contributed by atoms with Crippen LogP contribution in [0.1, 0.15) is 0 Å². The smallest absolute Gasteiger partial charge is 0.849 e. The van der Waals surface area contributed by atoms with Crippen LogP contribution in [0.15, 0.2) is 0 Å². The van der Waals surface area contributed by atoms with Crippen molar-refractivity contribution in [1.29, 1.82) is 1.28 Å². The summed E-state index contributed by atoms with van der Waals surface area (Å²) >= 11 is 4.63. The molecule has 2 atom stereocenters. The van der Waals surface area contributed by atoms with Gasteiger partial charge in [0.15, 0.2) is 0 Å². The molecule has 0 fully saturated rings. The van der Waals surface area contributed by atoms with E-state index in [1.165, 1.54) is 0 Å². The van der Waals surface area contributed by atoms with Crippen LogP contribution in [0, 0.1) is 0 Å². The summed E-state index contributed by atoms with van der Waals surface area (Å²) in [5, 5.41) is 11.4. The summed E-state index contributed by atoms with van der Waals surface area (Å²) in [6.07, 6.45) is 0.336. The van der Waals surface area contributed by atoms with E-state index in [-0.39, 0.29) is 28.4 Å². The van der Waals surface area contributed by atoms with Gasteiger partial charge < -0.3 is 5.11 Å². The molecule has 0 spiro atoms. The molecule has 0 aliphatic carbocycles. The fourth-order valence-electron chi connectivity index (χ4n) is 0.272. The second-order valence-corrected chi connectivity index (χ2v) is 5.51. The average molecular weight is 199 g/mol. The Balaban J connectivity index is 0. The Labute approximate surface area is 87.4 Å². The third-order valence-electron chi connectivity index (χ3n) is 0.878. The summed E-state index contributed by atoms with van der Waals surface area (Å²) in [6.45, 7) is 1.78. The van der Waals surface area contributed by atoms with Gasteiger partial charge in [-0.15, -0.1) is 4.97 Å². The van der Waals surface area contributed by atoms with E-state index in [2.05, 4.69) is 11.8 Å². The molecule has 0 aliphatic heterocycles. The zero-order valence-corrected chi connectivity index (χ0v) is 9.60. The maximum Gasteiger partial charge on any atom is 1.00 e. The van der Waals surface area contributed by atoms with Gasteiger partial charge in [0.1, 0.15) is 7.57 Å². The van der Waals surface area contributed by atoms with E-state index in [1.807, 2.05) is 0 Å². The molecule has 0 saturated heterocycles. The monoisotopic (exact) mass is 199 g/mol. The van der Waals surface area contributed by atoms with Gasteiger partial charge in [-0.1, -0.05) is 18.4 Å². The minimum Gasteiger partial charge on any atom is -0.849 e. The Morgan fingerprint density at radius 3 is 2.70 bits per heavy atom. The van der Waals surface area contributed by atoms with Gasteiger partial charge in [-0.25, -0.2) is 0 Å². The van der Waals surface area contributed by atoms with Crippen molar-refractivity contribution in [1.82, 2.24) is 0 Å². The zero-order chi connectivity index (χ0) is 8.20. The molecule has 0 bridgehead atoms. The molecule has 0 aliphatic rings. The number of rotatable bonds is 4. The molecule has 0 aromatic carbocycles. The predicted molar refractivity (Wildman–Crippen MR) is 47.6 cm³/mol. The molecule has 0 heterocycles. The van der Waals surface area contributed by atoms with Gasteiger partial charge in [-0.2, -0.15) is 8.40 Å². The first kappa shape index (κ1) is 11.8. The topological polar surface area (TPSA) is 23.1 Å². The van der Waals surface area contributed by atoms with E-state index in [4.69, 9.17) is 8.84 Å². The molecule has 1 nitrogen and oxygen atoms in total. The summed E-state index contributed by atoms with van der Waals surface area (Å²) in [6, 6.07) is 0. The van der Waals surface area contributed by atoms with Gasteiger partial charge in [0, 0.05) is 10.8 Å². The van der Waals surface area contributed by atoms with E-state index in [1.54, 1.807) is 6.55 Å². The van der Waals surface area contributed by atoms with Crippen LogP contribution in [0.4, 0.5) is 0 Å². The molecule has 7 heteroatoms. The Hall–Kier alpha value is 1.79. The van der Waals surface area contributed by atoms with Crippen molar-refractivity contribution >= 4 is 44.7 Å². The minimum absolute atomic E-state index is 0. The Morgan fingerprint density at radius 1 is 2.10 bits per heavy atom. The van der Waals surface area contributed by atoms with Crippen molar-refractivity contribution in [3.8, 4) is 0 Å². The van der Waals surface area contributed by atoms with E-state index >= 15 is 0 Å². The van der Waals surface area contributed by atoms with Gasteiger partial charge in [-0.05, 0) is 13.5 Å². The number of hydrogen-bond donors (Lipinski definition) is 0. The second-order valence-electron chi connectivity index (χ2n) is 1.45. The Kier molecular flexibility index (Phi) is 8.77. The molecular formula is C3H6BLiOP2SSi. The van der Waals surface area contributed by atoms with Crippen molar-refractivity contribution < 1.29 is 24.0 Å². The first-order chi connectivity index (χ1) is 4.56. The predicted octanol–water partition coefficient (Wildman–Crippen LogP) is -3.07. The molecular weight excluding hydrogens is 192 g/mol. The Morgan fingerprint density at radius 2 is 2.60 bits per heavy atom. The SMILES string of the molecule is [2H]P([B])C([O-])(CP=S)[Si]C.[Li+]. The fourth-order valence-corrected chi connectivity index (χ4v) is 3.55. The van der Waals surface area contributed by atoms with E-state index < -0.39 is 13.4 Å². The molecule has 48 valence electrons. The van der Waals surface area contributed by atoms with Crippen molar-refractivity contribution in [2.24, 2.45) is 0 Å². The standard InChI is InChI=1S/C3H6BOP2SSi.Li/c1-9-3(5,7-4)2-6-8;/h7H,2H2,1H3;/q-1;+1/i7D;. The fraction of sp³-hybridized carbons (Fsp3) is 1.00. The normalized spacial score (nSPS) is 20.4. The summed E-state index contributed by atoms with van der Waals surface area (Å²) in [5.41, 5.74) is 0. The second kappa shape index (κ2) is 7.44. The first-order valence-corrected chi connectivity index (χ1v) is 6.84. The zero-order valence-electron chi connectivity index (χ0n) is 7.00. The third-order valence-corrected chi connectivity index (χ3v) is 4.98. The van der Waals surface area contributed by atoms with Crippen LogP contribution in [0.5, 0.6) is 0 Å². The van der Waals surface area contributed by atoms with Gasteiger partial charge in [0.2, 0.25) is 0 Å². The molecule has 0 amide bonds. The largest absolute Gasteiger partial charge is 1.00 e. The van der Waals surface area contributed by atoms with Crippen LogP contribution in [0.2, 0.25) is 6.55 Å². The summed E-state index contributed by atoms with van der Waals surface area (Å²) in [5.74, 6) is 0. The minimum atomic E-state index is -1.62. The third kappa shape index (κ3) is 5.44. The van der Waals surface area contributed by atoms with Crippen molar-refractivity contribution in [3.63, 3.8) is 0 Å². The molecule has 0 N–H and O–H groups in total. The summed E-state index contributed by atoms with van der Waals surface area (Å²) in [4.78, 5) is -1.24. The number of hydrogen-bond acceptors (Lipinski definition) is 2. The average Bonchev–Trinajstić information content (AvgIpc) is 1.88. The molecule has 0 aromatic heterocycles. The summed E-state index contributed by atoms with van der Waals surface area (Å²) < 4.78 is 7.12. The van der Waals surface area contributed by atoms with Crippen LogP contribution in [0.25, 0.3) is 0 Å². The maximum absolute atomic E-state index is 11.4.